The van der Waals surface area contributed by atoms with E-state index in [9.17, 15) is 0 Å². The lowest BCUT2D eigenvalue weighted by Crippen LogP contribution is -2.80. The first kappa shape index (κ1) is 19.2. The summed E-state index contributed by atoms with van der Waals surface area (Å²) in [5.74, 6) is 0. The highest BCUT2D eigenvalue weighted by Crippen LogP contribution is 2.47. The molecule has 0 saturated carbocycles. The van der Waals surface area contributed by atoms with Crippen LogP contribution in [0.25, 0.3) is 11.1 Å². The lowest BCUT2D eigenvalue weighted by Gasteiger charge is -2.36. The molecule has 0 radical (unpaired) electrons. The summed E-state index contributed by atoms with van der Waals surface area (Å²) in [6.07, 6.45) is 7.35. The number of benzene rings is 3. The van der Waals surface area contributed by atoms with E-state index >= 15 is 0 Å². The normalized spacial score (nSPS) is 19.2. The van der Waals surface area contributed by atoms with E-state index in [2.05, 4.69) is 106 Å². The first-order chi connectivity index (χ1) is 17.8. The molecule has 0 saturated heterocycles. The van der Waals surface area contributed by atoms with E-state index in [-0.39, 0.29) is 5.66 Å². The van der Waals surface area contributed by atoms with Crippen LogP contribution in [0.3, 0.4) is 0 Å². The molecule has 2 aromatic heterocycles. The summed E-state index contributed by atoms with van der Waals surface area (Å²) in [4.78, 5) is 0. The highest BCUT2D eigenvalue weighted by Gasteiger charge is 2.63. The zero-order valence-electron chi connectivity index (χ0n) is 20.2. The Morgan fingerprint density at radius 2 is 1.25 bits per heavy atom. The fourth-order valence-corrected chi connectivity index (χ4v) is 7.91. The first-order valence-corrected chi connectivity index (χ1v) is 13.2. The summed E-state index contributed by atoms with van der Waals surface area (Å²) >= 11 is 0. The molecule has 3 aromatic carbocycles. The lowest BCUT2D eigenvalue weighted by molar-refractivity contribution is -0.992. The third-order valence-corrected chi connectivity index (χ3v) is 9.23. The van der Waals surface area contributed by atoms with E-state index in [1.165, 1.54) is 50.5 Å². The van der Waals surface area contributed by atoms with Crippen LogP contribution >= 0.6 is 0 Å². The van der Waals surface area contributed by atoms with Crippen molar-refractivity contribution < 1.29 is 9.13 Å². The quantitative estimate of drug-likeness (QED) is 0.280. The number of pyridine rings is 2. The van der Waals surface area contributed by atoms with Crippen molar-refractivity contribution in [3.05, 3.63) is 153 Å². The van der Waals surface area contributed by atoms with E-state index in [1.54, 1.807) is 16.7 Å². The molecule has 4 aliphatic rings. The maximum Gasteiger partial charge on any atom is 0.393 e. The zero-order valence-corrected chi connectivity index (χ0v) is 20.2. The molecule has 5 heterocycles. The third-order valence-electron chi connectivity index (χ3n) is 9.23. The van der Waals surface area contributed by atoms with Crippen molar-refractivity contribution in [2.75, 3.05) is 0 Å². The molecule has 36 heavy (non-hydrogen) atoms. The van der Waals surface area contributed by atoms with Gasteiger partial charge in [-0.3, -0.25) is 0 Å². The number of fused-ring (bicyclic) bond motifs is 6. The number of rotatable bonds is 0. The maximum absolute atomic E-state index is 2.73. The Morgan fingerprint density at radius 3 is 2.14 bits per heavy atom. The van der Waals surface area contributed by atoms with E-state index < -0.39 is 0 Å². The molecule has 1 aliphatic carbocycles. The first-order valence-electron chi connectivity index (χ1n) is 13.2. The molecular formula is C34H26N2+2. The molecule has 170 valence electrons. The SMILES string of the molecule is c1ccc2c(c1)Cc1cccc3[n+]1[C@]1(C2)c2c(cc4c(c2Cc2cccc[n+]21)Cc1ccccc1-4)C3. The summed E-state index contributed by atoms with van der Waals surface area (Å²) in [5, 5.41) is 0. The number of aromatic nitrogens is 2. The van der Waals surface area contributed by atoms with Gasteiger partial charge in [0.15, 0.2) is 23.3 Å². The molecule has 3 aliphatic heterocycles. The fraction of sp³-hybridized carbons (Fsp3) is 0.176. The largest absolute Gasteiger partial charge is 0.393 e. The average molecular weight is 463 g/mol. The van der Waals surface area contributed by atoms with Gasteiger partial charge in [0.1, 0.15) is 12.0 Å². The van der Waals surface area contributed by atoms with Crippen LogP contribution in [0.2, 0.25) is 0 Å². The Balaban J connectivity index is 1.46. The summed E-state index contributed by atoms with van der Waals surface area (Å²) in [7, 11) is 0. The van der Waals surface area contributed by atoms with Crippen LogP contribution in [-0.2, 0) is 37.8 Å². The molecule has 2 heteroatoms. The molecule has 9 rings (SSSR count). The van der Waals surface area contributed by atoms with Gasteiger partial charge in [0.2, 0.25) is 0 Å². The second-order valence-electron chi connectivity index (χ2n) is 10.9. The summed E-state index contributed by atoms with van der Waals surface area (Å²) in [5.41, 5.74) is 17.5. The van der Waals surface area contributed by atoms with Crippen molar-refractivity contribution in [3.63, 3.8) is 0 Å². The minimum atomic E-state index is -0.278. The summed E-state index contributed by atoms with van der Waals surface area (Å²) in [6, 6.07) is 34.5. The van der Waals surface area contributed by atoms with Gasteiger partial charge in [-0.2, -0.15) is 0 Å². The minimum Gasteiger partial charge on any atom is -0.134 e. The molecule has 5 aromatic rings. The predicted octanol–water partition coefficient (Wildman–Crippen LogP) is 5.04. The van der Waals surface area contributed by atoms with Crippen molar-refractivity contribution in [2.24, 2.45) is 0 Å². The Morgan fingerprint density at radius 1 is 0.528 bits per heavy atom. The second kappa shape index (κ2) is 6.59. The molecule has 0 fully saturated rings. The van der Waals surface area contributed by atoms with Gasteiger partial charge in [0, 0.05) is 24.3 Å². The minimum absolute atomic E-state index is 0.278. The Bertz CT molecular complexity index is 1780. The van der Waals surface area contributed by atoms with Crippen molar-refractivity contribution in [1.29, 1.82) is 0 Å². The predicted molar refractivity (Wildman–Crippen MR) is 139 cm³/mol. The topological polar surface area (TPSA) is 7.76 Å². The van der Waals surface area contributed by atoms with E-state index in [0.29, 0.717) is 0 Å². The Kier molecular flexibility index (Phi) is 3.51. The Hall–Kier alpha value is -4.04. The smallest absolute Gasteiger partial charge is 0.134 e. The number of nitrogens with zero attached hydrogens (tertiary/aromatic N) is 2. The zero-order chi connectivity index (χ0) is 23.4. The molecule has 0 bridgehead atoms. The van der Waals surface area contributed by atoms with Gasteiger partial charge in [0.25, 0.3) is 0 Å². The van der Waals surface area contributed by atoms with E-state index in [4.69, 9.17) is 0 Å². The molecule has 0 N–H and O–H groups in total. The van der Waals surface area contributed by atoms with Crippen molar-refractivity contribution in [2.45, 2.75) is 37.8 Å². The second-order valence-corrected chi connectivity index (χ2v) is 10.9. The van der Waals surface area contributed by atoms with E-state index in [1.807, 2.05) is 0 Å². The molecule has 1 spiro atoms. The molecule has 1 atom stereocenters. The van der Waals surface area contributed by atoms with Crippen LogP contribution in [0.1, 0.15) is 56.0 Å². The molecule has 2 nitrogen and oxygen atoms in total. The van der Waals surface area contributed by atoms with Gasteiger partial charge >= 0.3 is 5.66 Å². The van der Waals surface area contributed by atoms with Gasteiger partial charge < -0.3 is 0 Å². The van der Waals surface area contributed by atoms with Crippen LogP contribution in [-0.4, -0.2) is 0 Å². The standard InChI is InChI=1S/C34H26N2/c1-2-10-24-21-34-33-25(17-28-13-7-12-27(36(28)34)16-22(24)8-1)19-30-29-14-4-3-9-23(29)18-31(30)32(33)20-26-11-5-6-15-35(26)34/h1-15,19H,16-18,20-21H2/q+2/t34-/m1/s1. The highest BCUT2D eigenvalue weighted by atomic mass is 15.3. The van der Waals surface area contributed by atoms with Gasteiger partial charge in [0.05, 0.1) is 19.3 Å². The summed E-state index contributed by atoms with van der Waals surface area (Å²) < 4.78 is 5.36. The van der Waals surface area contributed by atoms with Gasteiger partial charge in [-0.25, -0.2) is 0 Å². The lowest BCUT2D eigenvalue weighted by atomic mass is 9.74. The van der Waals surface area contributed by atoms with Crippen molar-refractivity contribution in [1.82, 2.24) is 0 Å². The Labute approximate surface area is 211 Å². The highest BCUT2D eigenvalue weighted by molar-refractivity contribution is 5.80. The molecule has 0 unspecified atom stereocenters. The van der Waals surface area contributed by atoms with Crippen molar-refractivity contribution >= 4 is 0 Å². The maximum atomic E-state index is 2.73. The van der Waals surface area contributed by atoms with Crippen LogP contribution in [0, 0.1) is 0 Å². The third kappa shape index (κ3) is 2.24. The van der Waals surface area contributed by atoms with Crippen molar-refractivity contribution in [3.8, 4) is 11.1 Å². The average Bonchev–Trinajstić information content (AvgIpc) is 3.21. The molecule has 0 amide bonds. The van der Waals surface area contributed by atoms with Gasteiger partial charge in [-0.05, 0) is 63.1 Å². The van der Waals surface area contributed by atoms with Crippen LogP contribution in [0.5, 0.6) is 0 Å². The fourth-order valence-electron chi connectivity index (χ4n) is 7.91. The van der Waals surface area contributed by atoms with Gasteiger partial charge in [-0.15, -0.1) is 9.13 Å². The van der Waals surface area contributed by atoms with Crippen LogP contribution < -0.4 is 9.13 Å². The monoisotopic (exact) mass is 462 g/mol. The van der Waals surface area contributed by atoms with E-state index in [0.717, 1.165) is 32.1 Å². The van der Waals surface area contributed by atoms with Gasteiger partial charge in [-0.1, -0.05) is 54.6 Å². The van der Waals surface area contributed by atoms with Crippen LogP contribution in [0.4, 0.5) is 0 Å². The molecular weight excluding hydrogens is 436 g/mol. The number of hydrogen-bond acceptors (Lipinski definition) is 0. The van der Waals surface area contributed by atoms with Crippen LogP contribution in [0.15, 0.2) is 97.2 Å². The summed E-state index contributed by atoms with van der Waals surface area (Å²) in [6.45, 7) is 0. The number of hydrogen-bond donors (Lipinski definition) is 0.